The third-order valence-corrected chi connectivity index (χ3v) is 2.03. The van der Waals surface area contributed by atoms with Crippen molar-refractivity contribution >= 4 is 5.84 Å². The average molecular weight is 210 g/mol. The van der Waals surface area contributed by atoms with E-state index in [0.29, 0.717) is 17.8 Å². The molecule has 1 rings (SSSR count). The molecule has 15 heavy (non-hydrogen) atoms. The lowest BCUT2D eigenvalue weighted by atomic mass is 10.0. The van der Waals surface area contributed by atoms with E-state index in [1.165, 1.54) is 6.07 Å². The zero-order chi connectivity index (χ0) is 11.3. The minimum absolute atomic E-state index is 0.0459. The summed E-state index contributed by atoms with van der Waals surface area (Å²) in [5.74, 6) is 0.0673. The Morgan fingerprint density at radius 1 is 1.53 bits per heavy atom. The molecule has 1 atom stereocenters. The Bertz CT molecular complexity index is 348. The van der Waals surface area contributed by atoms with E-state index < -0.39 is 6.04 Å². The number of halogens is 1. The first-order valence-corrected chi connectivity index (χ1v) is 4.80. The molecule has 0 amide bonds. The van der Waals surface area contributed by atoms with E-state index in [9.17, 15) is 4.39 Å². The van der Waals surface area contributed by atoms with Crippen LogP contribution in [0.5, 0.6) is 0 Å². The molecule has 0 radical (unpaired) electrons. The van der Waals surface area contributed by atoms with E-state index in [0.717, 1.165) is 0 Å². The van der Waals surface area contributed by atoms with E-state index in [-0.39, 0.29) is 12.4 Å². The number of nitrogens with two attached hydrogens (primary N) is 1. The van der Waals surface area contributed by atoms with Gasteiger partial charge in [-0.25, -0.2) is 4.39 Å². The van der Waals surface area contributed by atoms with Crippen molar-refractivity contribution in [3.8, 4) is 0 Å². The summed E-state index contributed by atoms with van der Waals surface area (Å²) in [6, 6.07) is 5.99. The van der Waals surface area contributed by atoms with Crippen LogP contribution in [-0.4, -0.2) is 17.5 Å². The van der Waals surface area contributed by atoms with Crippen molar-refractivity contribution in [3.05, 3.63) is 35.6 Å². The Morgan fingerprint density at radius 2 is 2.20 bits per heavy atom. The molecule has 1 unspecified atom stereocenters. The topological polar surface area (TPSA) is 58.6 Å². The van der Waals surface area contributed by atoms with Gasteiger partial charge in [0.25, 0.3) is 0 Å². The molecule has 0 fully saturated rings. The summed E-state index contributed by atoms with van der Waals surface area (Å²) in [5, 5.41) is 8.87. The number of hydrogen-bond donors (Lipinski definition) is 2. The number of nitrogens with zero attached hydrogens (tertiary/aromatic N) is 1. The van der Waals surface area contributed by atoms with Crippen molar-refractivity contribution in [2.45, 2.75) is 19.4 Å². The van der Waals surface area contributed by atoms with Crippen LogP contribution in [0, 0.1) is 5.82 Å². The first-order chi connectivity index (χ1) is 7.15. The molecule has 0 aliphatic carbocycles. The summed E-state index contributed by atoms with van der Waals surface area (Å²) in [4.78, 5) is 4.09. The third-order valence-electron chi connectivity index (χ3n) is 2.03. The minimum atomic E-state index is -0.402. The van der Waals surface area contributed by atoms with Crippen LogP contribution in [0.4, 0.5) is 4.39 Å². The lowest BCUT2D eigenvalue weighted by Crippen LogP contribution is -2.10. The molecule has 0 saturated heterocycles. The van der Waals surface area contributed by atoms with Gasteiger partial charge in [0.15, 0.2) is 0 Å². The van der Waals surface area contributed by atoms with Crippen molar-refractivity contribution in [3.63, 3.8) is 0 Å². The van der Waals surface area contributed by atoms with Gasteiger partial charge in [-0.3, -0.25) is 4.99 Å². The van der Waals surface area contributed by atoms with Crippen LogP contribution in [0.3, 0.4) is 0 Å². The van der Waals surface area contributed by atoms with Crippen molar-refractivity contribution in [1.29, 1.82) is 0 Å². The maximum absolute atomic E-state index is 13.4. The summed E-state index contributed by atoms with van der Waals surface area (Å²) >= 11 is 0. The lowest BCUT2D eigenvalue weighted by Gasteiger charge is -2.12. The second kappa shape index (κ2) is 5.46. The molecule has 1 aromatic carbocycles. The third kappa shape index (κ3) is 3.32. The molecule has 1 aromatic rings. The van der Waals surface area contributed by atoms with Gasteiger partial charge in [0.2, 0.25) is 0 Å². The maximum atomic E-state index is 13.4. The van der Waals surface area contributed by atoms with E-state index >= 15 is 0 Å². The Kier molecular flexibility index (Phi) is 4.24. The van der Waals surface area contributed by atoms with Gasteiger partial charge >= 0.3 is 0 Å². The van der Waals surface area contributed by atoms with Gasteiger partial charge in [-0.15, -0.1) is 0 Å². The second-order valence-electron chi connectivity index (χ2n) is 3.32. The van der Waals surface area contributed by atoms with Crippen LogP contribution in [0.2, 0.25) is 0 Å². The number of aliphatic hydroxyl groups excluding tert-OH is 1. The molecular formula is C11H15FN2O. The van der Waals surface area contributed by atoms with E-state index in [1.807, 2.05) is 0 Å². The zero-order valence-electron chi connectivity index (χ0n) is 8.65. The number of aliphatic imine (C=N–C) groups is 1. The number of amidine groups is 1. The molecule has 0 aliphatic heterocycles. The summed E-state index contributed by atoms with van der Waals surface area (Å²) in [7, 11) is 0. The van der Waals surface area contributed by atoms with Crippen molar-refractivity contribution in [2.75, 3.05) is 6.61 Å². The maximum Gasteiger partial charge on any atom is 0.128 e. The zero-order valence-corrected chi connectivity index (χ0v) is 8.65. The largest absolute Gasteiger partial charge is 0.396 e. The van der Waals surface area contributed by atoms with Gasteiger partial charge in [0, 0.05) is 12.2 Å². The number of hydrogen-bond acceptors (Lipinski definition) is 2. The quantitative estimate of drug-likeness (QED) is 0.586. The molecule has 4 heteroatoms. The van der Waals surface area contributed by atoms with Gasteiger partial charge in [-0.2, -0.15) is 0 Å². The molecule has 82 valence electrons. The number of benzene rings is 1. The fourth-order valence-electron chi connectivity index (χ4n) is 1.40. The highest BCUT2D eigenvalue weighted by molar-refractivity contribution is 5.77. The number of aliphatic hydroxyl groups is 1. The summed E-state index contributed by atoms with van der Waals surface area (Å²) in [6.07, 6.45) is 0.371. The van der Waals surface area contributed by atoms with E-state index in [4.69, 9.17) is 10.8 Å². The normalized spacial score (nSPS) is 13.9. The fourth-order valence-corrected chi connectivity index (χ4v) is 1.40. The van der Waals surface area contributed by atoms with E-state index in [1.54, 1.807) is 25.1 Å². The predicted octanol–water partition coefficient (Wildman–Crippen LogP) is 1.63. The molecule has 0 aliphatic rings. The molecular weight excluding hydrogens is 195 g/mol. The standard InChI is InChI=1S/C11H15FN2O/c1-8(13)14-11(6-7-15)9-4-2-3-5-10(9)12/h2-5,11,15H,6-7H2,1H3,(H2,13,14). The molecule has 0 bridgehead atoms. The molecule has 0 heterocycles. The smallest absolute Gasteiger partial charge is 0.128 e. The summed E-state index contributed by atoms with van der Waals surface area (Å²) in [6.45, 7) is 1.60. The Balaban J connectivity index is 2.99. The lowest BCUT2D eigenvalue weighted by molar-refractivity contribution is 0.276. The Hall–Kier alpha value is -1.42. The summed E-state index contributed by atoms with van der Waals surface area (Å²) < 4.78 is 13.4. The second-order valence-corrected chi connectivity index (χ2v) is 3.32. The molecule has 3 N–H and O–H groups in total. The van der Waals surface area contributed by atoms with Crippen LogP contribution in [0.1, 0.15) is 24.9 Å². The monoisotopic (exact) mass is 210 g/mol. The Morgan fingerprint density at radius 3 is 2.73 bits per heavy atom. The molecule has 0 spiro atoms. The van der Waals surface area contributed by atoms with Gasteiger partial charge < -0.3 is 10.8 Å². The van der Waals surface area contributed by atoms with Crippen LogP contribution in [-0.2, 0) is 0 Å². The van der Waals surface area contributed by atoms with Crippen LogP contribution in [0.25, 0.3) is 0 Å². The summed E-state index contributed by atoms with van der Waals surface area (Å²) in [5.41, 5.74) is 5.93. The van der Waals surface area contributed by atoms with Gasteiger partial charge in [-0.1, -0.05) is 18.2 Å². The van der Waals surface area contributed by atoms with Crippen molar-refractivity contribution < 1.29 is 9.50 Å². The first-order valence-electron chi connectivity index (χ1n) is 4.80. The highest BCUT2D eigenvalue weighted by Gasteiger charge is 2.13. The molecule has 0 aromatic heterocycles. The van der Waals surface area contributed by atoms with Crippen LogP contribution < -0.4 is 5.73 Å². The highest BCUT2D eigenvalue weighted by atomic mass is 19.1. The van der Waals surface area contributed by atoms with E-state index in [2.05, 4.69) is 4.99 Å². The minimum Gasteiger partial charge on any atom is -0.396 e. The predicted molar refractivity (Wildman–Crippen MR) is 58.1 cm³/mol. The van der Waals surface area contributed by atoms with Gasteiger partial charge in [0.05, 0.1) is 11.9 Å². The van der Waals surface area contributed by atoms with Crippen LogP contribution >= 0.6 is 0 Å². The van der Waals surface area contributed by atoms with Crippen molar-refractivity contribution in [2.24, 2.45) is 10.7 Å². The van der Waals surface area contributed by atoms with Crippen molar-refractivity contribution in [1.82, 2.24) is 0 Å². The molecule has 0 saturated carbocycles. The number of rotatable bonds is 4. The first kappa shape index (κ1) is 11.7. The SMILES string of the molecule is C/C(N)=N\C(CCO)c1ccccc1F. The van der Waals surface area contributed by atoms with Gasteiger partial charge in [0.1, 0.15) is 5.82 Å². The Labute approximate surface area is 88.5 Å². The average Bonchev–Trinajstić information content (AvgIpc) is 2.17. The van der Waals surface area contributed by atoms with Gasteiger partial charge in [-0.05, 0) is 19.4 Å². The fraction of sp³-hybridized carbons (Fsp3) is 0.364. The van der Waals surface area contributed by atoms with Crippen LogP contribution in [0.15, 0.2) is 29.3 Å². The highest BCUT2D eigenvalue weighted by Crippen LogP contribution is 2.23. The molecule has 3 nitrogen and oxygen atoms in total.